The quantitative estimate of drug-likeness (QED) is 0.832. The molecule has 1 spiro atoms. The number of hydrogen-bond acceptors (Lipinski definition) is 4. The minimum Gasteiger partial charge on any atom is -0.322 e. The van der Waals surface area contributed by atoms with Crippen molar-refractivity contribution in [2.24, 2.45) is 0 Å². The van der Waals surface area contributed by atoms with Gasteiger partial charge in [0.15, 0.2) is 0 Å². The van der Waals surface area contributed by atoms with Crippen molar-refractivity contribution in [1.29, 1.82) is 0 Å². The van der Waals surface area contributed by atoms with Crippen molar-refractivity contribution in [3.8, 4) is 0 Å². The van der Waals surface area contributed by atoms with Crippen LogP contribution in [0.3, 0.4) is 0 Å². The molecule has 1 aromatic heterocycles. The summed E-state index contributed by atoms with van der Waals surface area (Å²) in [5.41, 5.74) is 2.74. The molecular weight excluding hydrogens is 302 g/mol. The lowest BCUT2D eigenvalue weighted by molar-refractivity contribution is -0.139. The molecule has 1 aromatic rings. The van der Waals surface area contributed by atoms with Crippen LogP contribution in [0.2, 0.25) is 0 Å². The summed E-state index contributed by atoms with van der Waals surface area (Å²) in [4.78, 5) is 36.5. The molecule has 0 unspecified atom stereocenters. The van der Waals surface area contributed by atoms with Gasteiger partial charge >= 0.3 is 6.03 Å². The molecule has 6 nitrogen and oxygen atoms in total. The molecule has 2 aliphatic rings. The molecule has 1 saturated heterocycles. The number of rotatable bonds is 4. The van der Waals surface area contributed by atoms with Crippen molar-refractivity contribution in [3.63, 3.8) is 0 Å². The highest BCUT2D eigenvalue weighted by molar-refractivity contribution is 7.07. The Morgan fingerprint density at radius 2 is 2.09 bits per heavy atom. The molecule has 0 atom stereocenters. The highest BCUT2D eigenvalue weighted by atomic mass is 32.1. The van der Waals surface area contributed by atoms with Crippen molar-refractivity contribution in [1.82, 2.24) is 15.8 Å². The summed E-state index contributed by atoms with van der Waals surface area (Å²) in [6.45, 7) is 0. The summed E-state index contributed by atoms with van der Waals surface area (Å²) in [5.74, 6) is -0.636. The number of carbonyl (C=O) groups is 3. The van der Waals surface area contributed by atoms with E-state index in [0.29, 0.717) is 19.3 Å². The van der Waals surface area contributed by atoms with Gasteiger partial charge in [-0.1, -0.05) is 19.3 Å². The van der Waals surface area contributed by atoms with Gasteiger partial charge in [0, 0.05) is 6.42 Å². The molecule has 2 fully saturated rings. The number of thiophene rings is 1. The molecule has 0 bridgehead atoms. The third kappa shape index (κ3) is 2.85. The Hall–Kier alpha value is -1.89. The van der Waals surface area contributed by atoms with E-state index < -0.39 is 11.6 Å². The highest BCUT2D eigenvalue weighted by Gasteiger charge is 2.52. The lowest BCUT2D eigenvalue weighted by atomic mass is 9.82. The summed E-state index contributed by atoms with van der Waals surface area (Å²) >= 11 is 1.58. The summed E-state index contributed by atoms with van der Waals surface area (Å²) < 4.78 is 0. The van der Waals surface area contributed by atoms with Crippen LogP contribution in [0.4, 0.5) is 4.79 Å². The summed E-state index contributed by atoms with van der Waals surface area (Å²) in [5, 5.41) is 7.57. The Morgan fingerprint density at radius 3 is 2.77 bits per heavy atom. The van der Waals surface area contributed by atoms with Gasteiger partial charge in [0.2, 0.25) is 5.91 Å². The first-order valence-electron chi connectivity index (χ1n) is 7.58. The molecule has 118 valence electrons. The zero-order chi connectivity index (χ0) is 15.6. The third-order valence-electron chi connectivity index (χ3n) is 4.33. The van der Waals surface area contributed by atoms with Crippen LogP contribution in [0.1, 0.15) is 44.1 Å². The van der Waals surface area contributed by atoms with Crippen LogP contribution < -0.4 is 10.7 Å². The Bertz CT molecular complexity index is 579. The van der Waals surface area contributed by atoms with E-state index in [1.807, 2.05) is 16.8 Å². The Morgan fingerprint density at radius 1 is 1.32 bits per heavy atom. The lowest BCUT2D eigenvalue weighted by Crippen LogP contribution is -2.50. The largest absolute Gasteiger partial charge is 0.344 e. The number of aryl methyl sites for hydroxylation is 1. The normalized spacial score (nSPS) is 20.3. The molecule has 0 aromatic carbocycles. The third-order valence-corrected chi connectivity index (χ3v) is 5.06. The van der Waals surface area contributed by atoms with Gasteiger partial charge in [-0.3, -0.25) is 15.0 Å². The molecular formula is C15H19N3O3S. The van der Waals surface area contributed by atoms with Gasteiger partial charge in [-0.15, -0.1) is 0 Å². The predicted octanol–water partition coefficient (Wildman–Crippen LogP) is 1.97. The first-order valence-corrected chi connectivity index (χ1v) is 8.52. The molecule has 22 heavy (non-hydrogen) atoms. The second-order valence-electron chi connectivity index (χ2n) is 5.88. The Balaban J connectivity index is 1.58. The van der Waals surface area contributed by atoms with Crippen molar-refractivity contribution in [2.45, 2.75) is 50.5 Å². The fourth-order valence-electron chi connectivity index (χ4n) is 3.09. The predicted molar refractivity (Wildman–Crippen MR) is 82.0 cm³/mol. The van der Waals surface area contributed by atoms with Crippen molar-refractivity contribution >= 4 is 29.2 Å². The van der Waals surface area contributed by atoms with Crippen LogP contribution >= 0.6 is 11.3 Å². The number of urea groups is 1. The van der Waals surface area contributed by atoms with E-state index in [0.717, 1.165) is 29.8 Å². The van der Waals surface area contributed by atoms with E-state index >= 15 is 0 Å². The highest BCUT2D eigenvalue weighted by Crippen LogP contribution is 2.32. The second kappa shape index (κ2) is 6.08. The molecule has 2 heterocycles. The van der Waals surface area contributed by atoms with Crippen molar-refractivity contribution in [2.75, 3.05) is 0 Å². The number of nitrogens with zero attached hydrogens (tertiary/aromatic N) is 1. The maximum Gasteiger partial charge on any atom is 0.344 e. The number of amides is 4. The average Bonchev–Trinajstić information content (AvgIpc) is 3.10. The van der Waals surface area contributed by atoms with Crippen LogP contribution in [0.15, 0.2) is 16.8 Å². The lowest BCUT2D eigenvalue weighted by Gasteiger charge is -2.30. The average molecular weight is 321 g/mol. The number of imide groups is 1. The van der Waals surface area contributed by atoms with E-state index in [2.05, 4.69) is 10.7 Å². The van der Waals surface area contributed by atoms with Gasteiger partial charge in [0.05, 0.1) is 0 Å². The standard InChI is InChI=1S/C15H19N3O3S/c19-12(5-4-11-6-9-22-10-11)17-18-13(20)15(16-14(18)21)7-2-1-3-8-15/h6,9-10H,1-5,7-8H2,(H,16,21)(H,17,19). The van der Waals surface area contributed by atoms with Gasteiger partial charge in [-0.25, -0.2) is 4.79 Å². The fourth-order valence-corrected chi connectivity index (χ4v) is 3.79. The van der Waals surface area contributed by atoms with Crippen LogP contribution in [0.5, 0.6) is 0 Å². The number of hydrogen-bond donors (Lipinski definition) is 2. The zero-order valence-corrected chi connectivity index (χ0v) is 13.1. The maximum absolute atomic E-state index is 12.5. The smallest absolute Gasteiger partial charge is 0.322 e. The van der Waals surface area contributed by atoms with Gasteiger partial charge in [0.25, 0.3) is 5.91 Å². The first kappa shape index (κ1) is 15.0. The van der Waals surface area contributed by atoms with Gasteiger partial charge < -0.3 is 5.32 Å². The summed E-state index contributed by atoms with van der Waals surface area (Å²) in [6.07, 6.45) is 5.08. The van der Waals surface area contributed by atoms with E-state index in [1.54, 1.807) is 11.3 Å². The molecule has 4 amide bonds. The van der Waals surface area contributed by atoms with Crippen molar-refractivity contribution in [3.05, 3.63) is 22.4 Å². The summed E-state index contributed by atoms with van der Waals surface area (Å²) in [7, 11) is 0. The van der Waals surface area contributed by atoms with Crippen LogP contribution in [0, 0.1) is 0 Å². The van der Waals surface area contributed by atoms with Crippen molar-refractivity contribution < 1.29 is 14.4 Å². The molecule has 3 rings (SSSR count). The van der Waals surface area contributed by atoms with Gasteiger partial charge in [0.1, 0.15) is 5.54 Å². The molecule has 1 saturated carbocycles. The monoisotopic (exact) mass is 321 g/mol. The van der Waals surface area contributed by atoms with Crippen LogP contribution in [-0.2, 0) is 16.0 Å². The number of nitrogens with one attached hydrogen (secondary N) is 2. The van der Waals surface area contributed by atoms with Crippen LogP contribution in [-0.4, -0.2) is 28.4 Å². The topological polar surface area (TPSA) is 78.5 Å². The van der Waals surface area contributed by atoms with Crippen LogP contribution in [0.25, 0.3) is 0 Å². The van der Waals surface area contributed by atoms with Gasteiger partial charge in [-0.05, 0) is 41.7 Å². The van der Waals surface area contributed by atoms with E-state index in [4.69, 9.17) is 0 Å². The van der Waals surface area contributed by atoms with E-state index in [1.165, 1.54) is 0 Å². The molecule has 1 aliphatic carbocycles. The first-order chi connectivity index (χ1) is 10.6. The SMILES string of the molecule is O=C(CCc1ccsc1)NN1C(=O)NC2(CCCCC2)C1=O. The maximum atomic E-state index is 12.5. The summed E-state index contributed by atoms with van der Waals surface area (Å²) in [6, 6.07) is 1.44. The second-order valence-corrected chi connectivity index (χ2v) is 6.66. The molecule has 1 aliphatic heterocycles. The number of hydrazine groups is 1. The molecule has 2 N–H and O–H groups in total. The Kier molecular flexibility index (Phi) is 4.15. The number of carbonyl (C=O) groups excluding carboxylic acids is 3. The minimum atomic E-state index is -0.796. The molecule has 7 heteroatoms. The zero-order valence-electron chi connectivity index (χ0n) is 12.3. The van der Waals surface area contributed by atoms with Gasteiger partial charge in [-0.2, -0.15) is 16.3 Å². The van der Waals surface area contributed by atoms with E-state index in [9.17, 15) is 14.4 Å². The fraction of sp³-hybridized carbons (Fsp3) is 0.533. The minimum absolute atomic E-state index is 0.251. The van der Waals surface area contributed by atoms with E-state index in [-0.39, 0.29) is 18.2 Å². The molecule has 0 radical (unpaired) electrons. The Labute approximate surface area is 132 Å².